The van der Waals surface area contributed by atoms with Crippen molar-refractivity contribution in [2.24, 2.45) is 0 Å². The topological polar surface area (TPSA) is 84.7 Å². The maximum absolute atomic E-state index is 10.3. The second-order valence-electron chi connectivity index (χ2n) is 6.16. The predicted octanol–water partition coefficient (Wildman–Crippen LogP) is 4.65. The third kappa shape index (κ3) is 4.09. The molecular formula is C21H20Cl2N2O4. The highest BCUT2D eigenvalue weighted by molar-refractivity contribution is 5.88. The number of phenols is 2. The van der Waals surface area contributed by atoms with Gasteiger partial charge in [-0.1, -0.05) is 12.1 Å². The van der Waals surface area contributed by atoms with Gasteiger partial charge >= 0.3 is 0 Å². The molecule has 152 valence electrons. The quantitative estimate of drug-likeness (QED) is 0.486. The van der Waals surface area contributed by atoms with Crippen LogP contribution in [0, 0.1) is 0 Å². The molecule has 6 nitrogen and oxygen atoms in total. The Morgan fingerprint density at radius 2 is 1.03 bits per heavy atom. The summed E-state index contributed by atoms with van der Waals surface area (Å²) < 4.78 is 10.3. The highest BCUT2D eigenvalue weighted by Gasteiger charge is 2.12. The molecule has 0 aliphatic rings. The molecule has 0 bridgehead atoms. The van der Waals surface area contributed by atoms with E-state index < -0.39 is 0 Å². The van der Waals surface area contributed by atoms with Gasteiger partial charge in [-0.15, -0.1) is 24.8 Å². The fraction of sp³-hybridized carbons (Fsp3) is 0.143. The van der Waals surface area contributed by atoms with Gasteiger partial charge in [0.2, 0.25) is 0 Å². The molecule has 0 amide bonds. The number of benzene rings is 2. The van der Waals surface area contributed by atoms with Crippen LogP contribution in [0.25, 0.3) is 21.8 Å². The van der Waals surface area contributed by atoms with Gasteiger partial charge in [-0.05, 0) is 36.4 Å². The maximum Gasteiger partial charge on any atom is 0.184 e. The average molecular weight is 435 g/mol. The summed E-state index contributed by atoms with van der Waals surface area (Å²) in [5.41, 5.74) is 2.47. The monoisotopic (exact) mass is 434 g/mol. The minimum atomic E-state index is 0. The molecule has 2 aromatic heterocycles. The molecule has 2 N–H and O–H groups in total. The van der Waals surface area contributed by atoms with Crippen LogP contribution in [-0.2, 0) is 6.42 Å². The first-order chi connectivity index (χ1) is 13.1. The summed E-state index contributed by atoms with van der Waals surface area (Å²) in [4.78, 5) is 9.12. The lowest BCUT2D eigenvalue weighted by Gasteiger charge is -2.09. The number of ether oxygens (including phenoxy) is 2. The normalized spacial score (nSPS) is 10.3. The van der Waals surface area contributed by atoms with Crippen molar-refractivity contribution in [2.45, 2.75) is 6.42 Å². The summed E-state index contributed by atoms with van der Waals surface area (Å²) in [6, 6.07) is 14.7. The molecule has 0 aliphatic heterocycles. The van der Waals surface area contributed by atoms with Crippen molar-refractivity contribution in [1.29, 1.82) is 0 Å². The van der Waals surface area contributed by atoms with E-state index in [0.717, 1.165) is 22.2 Å². The van der Waals surface area contributed by atoms with Crippen LogP contribution in [0.4, 0.5) is 0 Å². The molecule has 4 aromatic rings. The Balaban J connectivity index is 0.00000150. The van der Waals surface area contributed by atoms with E-state index in [2.05, 4.69) is 9.97 Å². The van der Waals surface area contributed by atoms with Gasteiger partial charge in [0.1, 0.15) is 11.0 Å². The number of hydrogen-bond acceptors (Lipinski definition) is 6. The number of fused-ring (bicyclic) bond motifs is 2. The molecular weight excluding hydrogens is 415 g/mol. The van der Waals surface area contributed by atoms with E-state index in [4.69, 9.17) is 9.47 Å². The minimum Gasteiger partial charge on any atom is -0.503 e. The van der Waals surface area contributed by atoms with Crippen LogP contribution < -0.4 is 9.47 Å². The van der Waals surface area contributed by atoms with Crippen LogP contribution in [0.15, 0.2) is 48.5 Å². The van der Waals surface area contributed by atoms with Crippen molar-refractivity contribution in [3.8, 4) is 23.0 Å². The number of phenolic OH excluding ortho intramolecular Hbond substituents is 2. The zero-order valence-corrected chi connectivity index (χ0v) is 17.4. The van der Waals surface area contributed by atoms with Crippen molar-refractivity contribution in [3.63, 3.8) is 0 Å². The molecule has 0 radical (unpaired) electrons. The summed E-state index contributed by atoms with van der Waals surface area (Å²) >= 11 is 0. The highest BCUT2D eigenvalue weighted by Crippen LogP contribution is 2.34. The Bertz CT molecular complexity index is 1080. The molecule has 0 unspecified atom stereocenters. The second kappa shape index (κ2) is 9.03. The fourth-order valence-electron chi connectivity index (χ4n) is 3.10. The molecule has 0 saturated carbocycles. The van der Waals surface area contributed by atoms with Crippen LogP contribution in [-0.4, -0.2) is 34.4 Å². The Morgan fingerprint density at radius 1 is 0.655 bits per heavy atom. The number of nitrogens with zero attached hydrogens (tertiary/aromatic N) is 2. The van der Waals surface area contributed by atoms with Gasteiger partial charge in [0.25, 0.3) is 0 Å². The number of pyridine rings is 2. The van der Waals surface area contributed by atoms with Gasteiger partial charge in [-0.3, -0.25) is 0 Å². The van der Waals surface area contributed by atoms with Crippen LogP contribution in [0.3, 0.4) is 0 Å². The molecule has 0 atom stereocenters. The lowest BCUT2D eigenvalue weighted by molar-refractivity contribution is 0.376. The summed E-state index contributed by atoms with van der Waals surface area (Å²) in [5, 5.41) is 22.3. The van der Waals surface area contributed by atoms with Crippen molar-refractivity contribution < 1.29 is 19.7 Å². The number of halogens is 2. The Labute approximate surface area is 180 Å². The standard InChI is InChI=1S/C21H18N2O4.2ClH/c1-26-16-9-5-12-3-7-14(22-18(12)20(16)24)11-15-8-4-13-6-10-17(27-2)21(25)19(13)23-15;;/h3-10,24-25H,11H2,1-2H3;2*1H. The molecule has 0 spiro atoms. The predicted molar refractivity (Wildman–Crippen MR) is 117 cm³/mol. The van der Waals surface area contributed by atoms with Gasteiger partial charge in [-0.25, -0.2) is 9.97 Å². The molecule has 0 fully saturated rings. The van der Waals surface area contributed by atoms with Gasteiger partial charge < -0.3 is 19.7 Å². The summed E-state index contributed by atoms with van der Waals surface area (Å²) in [7, 11) is 3.01. The van der Waals surface area contributed by atoms with Crippen LogP contribution >= 0.6 is 24.8 Å². The molecule has 2 heterocycles. The van der Waals surface area contributed by atoms with E-state index in [0.29, 0.717) is 29.0 Å². The molecule has 8 heteroatoms. The Kier molecular flexibility index (Phi) is 6.95. The first-order valence-corrected chi connectivity index (χ1v) is 8.42. The van der Waals surface area contributed by atoms with E-state index in [-0.39, 0.29) is 36.3 Å². The number of hydrogen-bond donors (Lipinski definition) is 2. The third-order valence-electron chi connectivity index (χ3n) is 4.51. The Hall–Kier alpha value is -2.96. The fourth-order valence-corrected chi connectivity index (χ4v) is 3.10. The SMILES string of the molecule is COc1ccc2ccc(Cc3ccc4ccc(OC)c(O)c4n3)nc2c1O.Cl.Cl. The smallest absolute Gasteiger partial charge is 0.184 e. The van der Waals surface area contributed by atoms with Gasteiger partial charge in [0, 0.05) is 28.6 Å². The maximum atomic E-state index is 10.3. The van der Waals surface area contributed by atoms with E-state index in [9.17, 15) is 10.2 Å². The van der Waals surface area contributed by atoms with E-state index in [1.807, 2.05) is 36.4 Å². The van der Waals surface area contributed by atoms with E-state index in [1.54, 1.807) is 12.1 Å². The number of rotatable bonds is 4. The summed E-state index contributed by atoms with van der Waals surface area (Å²) in [6.07, 6.45) is 0.458. The summed E-state index contributed by atoms with van der Waals surface area (Å²) in [6.45, 7) is 0. The van der Waals surface area contributed by atoms with Crippen LogP contribution in [0.1, 0.15) is 11.4 Å². The molecule has 4 rings (SSSR count). The molecule has 0 aliphatic carbocycles. The lowest BCUT2D eigenvalue weighted by Crippen LogP contribution is -1.97. The van der Waals surface area contributed by atoms with Crippen molar-refractivity contribution >= 4 is 46.6 Å². The van der Waals surface area contributed by atoms with Crippen LogP contribution in [0.5, 0.6) is 23.0 Å². The first kappa shape index (κ1) is 22.3. The van der Waals surface area contributed by atoms with Gasteiger partial charge in [0.05, 0.1) is 14.2 Å². The van der Waals surface area contributed by atoms with Gasteiger partial charge in [-0.2, -0.15) is 0 Å². The third-order valence-corrected chi connectivity index (χ3v) is 4.51. The number of aromatic nitrogens is 2. The van der Waals surface area contributed by atoms with Gasteiger partial charge in [0.15, 0.2) is 23.0 Å². The average Bonchev–Trinajstić information content (AvgIpc) is 2.69. The number of methoxy groups -OCH3 is 2. The van der Waals surface area contributed by atoms with Crippen molar-refractivity contribution in [3.05, 3.63) is 59.9 Å². The lowest BCUT2D eigenvalue weighted by atomic mass is 10.1. The van der Waals surface area contributed by atoms with E-state index in [1.165, 1.54) is 14.2 Å². The zero-order valence-electron chi connectivity index (χ0n) is 15.7. The molecule has 0 saturated heterocycles. The van der Waals surface area contributed by atoms with Crippen molar-refractivity contribution in [1.82, 2.24) is 9.97 Å². The first-order valence-electron chi connectivity index (χ1n) is 8.42. The zero-order chi connectivity index (χ0) is 19.0. The Morgan fingerprint density at radius 3 is 1.41 bits per heavy atom. The van der Waals surface area contributed by atoms with E-state index >= 15 is 0 Å². The highest BCUT2D eigenvalue weighted by atomic mass is 35.5. The van der Waals surface area contributed by atoms with Crippen LogP contribution in [0.2, 0.25) is 0 Å². The largest absolute Gasteiger partial charge is 0.503 e. The molecule has 2 aromatic carbocycles. The molecule has 29 heavy (non-hydrogen) atoms. The van der Waals surface area contributed by atoms with Crippen molar-refractivity contribution in [2.75, 3.05) is 14.2 Å². The number of aromatic hydroxyl groups is 2. The second-order valence-corrected chi connectivity index (χ2v) is 6.16. The minimum absolute atomic E-state index is 0. The summed E-state index contributed by atoms with van der Waals surface area (Å²) in [5.74, 6) is 0.803.